The largest absolute Gasteiger partial charge is 0.387 e. The maximum atomic E-state index is 11.9. The second-order valence-electron chi connectivity index (χ2n) is 4.00. The molecule has 1 fully saturated rings. The van der Waals surface area contributed by atoms with E-state index in [0.29, 0.717) is 13.1 Å². The van der Waals surface area contributed by atoms with Crippen molar-refractivity contribution in [3.63, 3.8) is 0 Å². The highest BCUT2D eigenvalue weighted by atomic mass is 79.9. The average Bonchev–Trinajstić information content (AvgIpc) is 2.14. The molecule has 15 heavy (non-hydrogen) atoms. The van der Waals surface area contributed by atoms with Crippen LogP contribution < -0.4 is 0 Å². The van der Waals surface area contributed by atoms with Crippen LogP contribution in [0.25, 0.3) is 0 Å². The van der Waals surface area contributed by atoms with Crippen molar-refractivity contribution >= 4 is 26.9 Å². The standard InChI is InChI=1S/C10H12BrNO2S/c1-10(13)6-12(7-10)15(14)9-4-2-8(11)3-5-9/h2-5,13H,6-7H2,1H3. The van der Waals surface area contributed by atoms with E-state index < -0.39 is 16.6 Å². The van der Waals surface area contributed by atoms with E-state index in [2.05, 4.69) is 15.9 Å². The summed E-state index contributed by atoms with van der Waals surface area (Å²) in [5.41, 5.74) is -0.676. The van der Waals surface area contributed by atoms with Gasteiger partial charge >= 0.3 is 0 Å². The highest BCUT2D eigenvalue weighted by Gasteiger charge is 2.39. The lowest BCUT2D eigenvalue weighted by Crippen LogP contribution is -2.59. The van der Waals surface area contributed by atoms with Crippen LogP contribution in [0.1, 0.15) is 6.92 Å². The molecule has 1 unspecified atom stereocenters. The van der Waals surface area contributed by atoms with Crippen LogP contribution >= 0.6 is 15.9 Å². The molecule has 1 heterocycles. The number of benzene rings is 1. The molecule has 2 rings (SSSR count). The molecule has 0 spiro atoms. The van der Waals surface area contributed by atoms with Gasteiger partial charge in [-0.05, 0) is 31.2 Å². The SMILES string of the molecule is CC1(O)CN(S(=O)c2ccc(Br)cc2)C1. The first-order chi connectivity index (χ1) is 6.98. The summed E-state index contributed by atoms with van der Waals surface area (Å²) < 4.78 is 14.7. The van der Waals surface area contributed by atoms with E-state index in [1.807, 2.05) is 24.3 Å². The number of rotatable bonds is 2. The normalized spacial score (nSPS) is 22.1. The quantitative estimate of drug-likeness (QED) is 0.897. The molecule has 1 atom stereocenters. The van der Waals surface area contributed by atoms with Crippen molar-refractivity contribution in [3.8, 4) is 0 Å². The number of nitrogens with zero attached hydrogens (tertiary/aromatic N) is 1. The van der Waals surface area contributed by atoms with Crippen LogP contribution in [0.4, 0.5) is 0 Å². The van der Waals surface area contributed by atoms with Gasteiger partial charge in [0.1, 0.15) is 11.0 Å². The maximum Gasteiger partial charge on any atom is 0.127 e. The zero-order valence-electron chi connectivity index (χ0n) is 8.31. The van der Waals surface area contributed by atoms with Gasteiger partial charge in [0.2, 0.25) is 0 Å². The molecule has 3 nitrogen and oxygen atoms in total. The lowest BCUT2D eigenvalue weighted by atomic mass is 10.0. The van der Waals surface area contributed by atoms with Crippen molar-refractivity contribution < 1.29 is 9.32 Å². The summed E-state index contributed by atoms with van der Waals surface area (Å²) in [6.45, 7) is 2.69. The lowest BCUT2D eigenvalue weighted by Gasteiger charge is -2.42. The Hall–Kier alpha value is -0.230. The summed E-state index contributed by atoms with van der Waals surface area (Å²) in [7, 11) is -1.14. The Balaban J connectivity index is 2.07. The van der Waals surface area contributed by atoms with Crippen molar-refractivity contribution in [3.05, 3.63) is 28.7 Å². The third-order valence-electron chi connectivity index (χ3n) is 2.28. The Morgan fingerprint density at radius 1 is 1.40 bits per heavy atom. The molecule has 0 bridgehead atoms. The van der Waals surface area contributed by atoms with Gasteiger partial charge < -0.3 is 5.11 Å². The monoisotopic (exact) mass is 289 g/mol. The van der Waals surface area contributed by atoms with Gasteiger partial charge in [-0.25, -0.2) is 8.51 Å². The molecule has 1 aromatic rings. The van der Waals surface area contributed by atoms with Gasteiger partial charge in [0, 0.05) is 17.6 Å². The van der Waals surface area contributed by atoms with Crippen LogP contribution in [0.3, 0.4) is 0 Å². The zero-order valence-corrected chi connectivity index (χ0v) is 10.7. The molecular formula is C10H12BrNO2S. The van der Waals surface area contributed by atoms with Crippen molar-refractivity contribution in [1.82, 2.24) is 4.31 Å². The van der Waals surface area contributed by atoms with Gasteiger partial charge in [0.25, 0.3) is 0 Å². The fourth-order valence-corrected chi connectivity index (χ4v) is 3.25. The molecule has 5 heteroatoms. The highest BCUT2D eigenvalue weighted by molar-refractivity contribution is 9.10. The number of halogens is 1. The molecule has 1 N–H and O–H groups in total. The number of hydrogen-bond donors (Lipinski definition) is 1. The predicted molar refractivity (Wildman–Crippen MR) is 62.7 cm³/mol. The van der Waals surface area contributed by atoms with Gasteiger partial charge in [-0.1, -0.05) is 15.9 Å². The minimum atomic E-state index is -1.14. The van der Waals surface area contributed by atoms with E-state index in [1.165, 1.54) is 0 Å². The van der Waals surface area contributed by atoms with E-state index in [9.17, 15) is 9.32 Å². The number of aliphatic hydroxyl groups is 1. The summed E-state index contributed by atoms with van der Waals surface area (Å²) in [5.74, 6) is 0. The van der Waals surface area contributed by atoms with E-state index in [1.54, 1.807) is 11.2 Å². The lowest BCUT2D eigenvalue weighted by molar-refractivity contribution is -0.0403. The summed E-state index contributed by atoms with van der Waals surface area (Å²) in [4.78, 5) is 0.772. The fraction of sp³-hybridized carbons (Fsp3) is 0.400. The molecule has 0 aliphatic carbocycles. The summed E-state index contributed by atoms with van der Waals surface area (Å²) in [6, 6.07) is 7.39. The van der Waals surface area contributed by atoms with Crippen LogP contribution in [0, 0.1) is 0 Å². The molecule has 0 aromatic heterocycles. The molecule has 1 aliphatic rings. The third-order valence-corrected chi connectivity index (χ3v) is 4.22. The number of hydrogen-bond acceptors (Lipinski definition) is 2. The minimum absolute atomic E-state index is 0.468. The van der Waals surface area contributed by atoms with Crippen molar-refractivity contribution in [2.24, 2.45) is 0 Å². The van der Waals surface area contributed by atoms with E-state index in [4.69, 9.17) is 0 Å². The number of β-amino-alcohol motifs (C(OH)–C–C–N with tert-alkyl or cyclic N) is 1. The second kappa shape index (κ2) is 3.97. The molecule has 0 saturated carbocycles. The van der Waals surface area contributed by atoms with Gasteiger partial charge in [0.15, 0.2) is 0 Å². The summed E-state index contributed by atoms with van der Waals surface area (Å²) in [5, 5.41) is 9.54. The summed E-state index contributed by atoms with van der Waals surface area (Å²) in [6.07, 6.45) is 0. The van der Waals surface area contributed by atoms with Crippen LogP contribution in [0.2, 0.25) is 0 Å². The van der Waals surface area contributed by atoms with Crippen molar-refractivity contribution in [2.45, 2.75) is 17.4 Å². The molecule has 1 aromatic carbocycles. The van der Waals surface area contributed by atoms with Crippen molar-refractivity contribution in [1.29, 1.82) is 0 Å². The molecule has 0 radical (unpaired) electrons. The maximum absolute atomic E-state index is 11.9. The minimum Gasteiger partial charge on any atom is -0.387 e. The molecule has 0 amide bonds. The van der Waals surface area contributed by atoms with Crippen LogP contribution in [0.5, 0.6) is 0 Å². The molecule has 1 aliphatic heterocycles. The van der Waals surface area contributed by atoms with Gasteiger partial charge in [0.05, 0.1) is 10.5 Å². The van der Waals surface area contributed by atoms with E-state index >= 15 is 0 Å². The summed E-state index contributed by atoms with van der Waals surface area (Å²) >= 11 is 3.33. The fourth-order valence-electron chi connectivity index (χ4n) is 1.53. The van der Waals surface area contributed by atoms with Gasteiger partial charge in [-0.2, -0.15) is 0 Å². The average molecular weight is 290 g/mol. The predicted octanol–water partition coefficient (Wildman–Crippen LogP) is 1.54. The van der Waals surface area contributed by atoms with Crippen LogP contribution in [0.15, 0.2) is 33.6 Å². The first kappa shape index (κ1) is 11.3. The second-order valence-corrected chi connectivity index (χ2v) is 6.40. The highest BCUT2D eigenvalue weighted by Crippen LogP contribution is 2.25. The van der Waals surface area contributed by atoms with Gasteiger partial charge in [-0.15, -0.1) is 0 Å². The van der Waals surface area contributed by atoms with Crippen molar-refractivity contribution in [2.75, 3.05) is 13.1 Å². The van der Waals surface area contributed by atoms with Crippen LogP contribution in [-0.2, 0) is 11.0 Å². The van der Waals surface area contributed by atoms with E-state index in [0.717, 1.165) is 9.37 Å². The Kier molecular flexibility index (Phi) is 2.98. The first-order valence-electron chi connectivity index (χ1n) is 4.63. The topological polar surface area (TPSA) is 40.5 Å². The zero-order chi connectivity index (χ0) is 11.1. The molecular weight excluding hydrogens is 278 g/mol. The van der Waals surface area contributed by atoms with E-state index in [-0.39, 0.29) is 0 Å². The smallest absolute Gasteiger partial charge is 0.127 e. The molecule has 1 saturated heterocycles. The third kappa shape index (κ3) is 2.47. The first-order valence-corrected chi connectivity index (χ1v) is 6.53. The Bertz CT molecular complexity index is 383. The van der Waals surface area contributed by atoms with Gasteiger partial charge in [-0.3, -0.25) is 0 Å². The Morgan fingerprint density at radius 3 is 2.40 bits per heavy atom. The Labute approximate surface area is 99.8 Å². The molecule has 82 valence electrons. The Morgan fingerprint density at radius 2 is 1.93 bits per heavy atom. The van der Waals surface area contributed by atoms with Crippen LogP contribution in [-0.4, -0.2) is 32.3 Å².